The fourth-order valence-corrected chi connectivity index (χ4v) is 3.91. The van der Waals surface area contributed by atoms with Gasteiger partial charge in [0.05, 0.1) is 5.69 Å². The van der Waals surface area contributed by atoms with Crippen LogP contribution in [-0.2, 0) is 11.3 Å². The van der Waals surface area contributed by atoms with Crippen LogP contribution in [0.25, 0.3) is 22.2 Å². The SMILES string of the molecule is Cc1nn(CC(=O)NC2CCCCC2)c2nccc(-c3ccccc3)c12. The number of nitrogens with zero attached hydrogens (tertiary/aromatic N) is 3. The van der Waals surface area contributed by atoms with E-state index in [1.807, 2.05) is 31.2 Å². The number of hydrogen-bond acceptors (Lipinski definition) is 3. The summed E-state index contributed by atoms with van der Waals surface area (Å²) in [6.45, 7) is 2.19. The molecule has 1 aromatic carbocycles. The Balaban J connectivity index is 1.61. The van der Waals surface area contributed by atoms with Gasteiger partial charge >= 0.3 is 0 Å². The second-order valence-electron chi connectivity index (χ2n) is 7.07. The van der Waals surface area contributed by atoms with Crippen molar-refractivity contribution in [1.82, 2.24) is 20.1 Å². The van der Waals surface area contributed by atoms with E-state index in [4.69, 9.17) is 0 Å². The quantitative estimate of drug-likeness (QED) is 0.779. The van der Waals surface area contributed by atoms with Crippen molar-refractivity contribution in [2.75, 3.05) is 0 Å². The molecule has 0 saturated heterocycles. The number of hydrogen-bond donors (Lipinski definition) is 1. The summed E-state index contributed by atoms with van der Waals surface area (Å²) in [5.74, 6) is 0.0215. The number of carbonyl (C=O) groups excluding carboxylic acids is 1. The fourth-order valence-electron chi connectivity index (χ4n) is 3.91. The third-order valence-electron chi connectivity index (χ3n) is 5.16. The van der Waals surface area contributed by atoms with Gasteiger partial charge in [-0.2, -0.15) is 5.10 Å². The van der Waals surface area contributed by atoms with E-state index in [1.165, 1.54) is 19.3 Å². The number of rotatable bonds is 4. The highest BCUT2D eigenvalue weighted by Crippen LogP contribution is 2.29. The highest BCUT2D eigenvalue weighted by atomic mass is 16.2. The predicted octanol–water partition coefficient (Wildman–Crippen LogP) is 3.86. The topological polar surface area (TPSA) is 59.8 Å². The smallest absolute Gasteiger partial charge is 0.242 e. The van der Waals surface area contributed by atoms with Crippen molar-refractivity contribution in [2.45, 2.75) is 51.6 Å². The lowest BCUT2D eigenvalue weighted by atomic mass is 9.95. The van der Waals surface area contributed by atoms with Gasteiger partial charge in [0.2, 0.25) is 5.91 Å². The van der Waals surface area contributed by atoms with Gasteiger partial charge in [0.1, 0.15) is 6.54 Å². The second-order valence-corrected chi connectivity index (χ2v) is 7.07. The molecular weight excluding hydrogens is 324 g/mol. The lowest BCUT2D eigenvalue weighted by Crippen LogP contribution is -2.38. The molecule has 4 rings (SSSR count). The number of amides is 1. The number of carbonyl (C=O) groups is 1. The minimum Gasteiger partial charge on any atom is -0.352 e. The maximum absolute atomic E-state index is 12.5. The van der Waals surface area contributed by atoms with Crippen LogP contribution in [0.1, 0.15) is 37.8 Å². The summed E-state index contributed by atoms with van der Waals surface area (Å²) >= 11 is 0. The van der Waals surface area contributed by atoms with Crippen molar-refractivity contribution in [2.24, 2.45) is 0 Å². The maximum atomic E-state index is 12.5. The summed E-state index contributed by atoms with van der Waals surface area (Å²) in [6, 6.07) is 12.6. The lowest BCUT2D eigenvalue weighted by molar-refractivity contribution is -0.122. The van der Waals surface area contributed by atoms with Crippen LogP contribution in [0.4, 0.5) is 0 Å². The number of pyridine rings is 1. The third-order valence-corrected chi connectivity index (χ3v) is 5.16. The van der Waals surface area contributed by atoms with E-state index in [1.54, 1.807) is 10.9 Å². The minimum atomic E-state index is 0.0215. The Bertz CT molecular complexity index is 910. The van der Waals surface area contributed by atoms with Gasteiger partial charge < -0.3 is 5.32 Å². The zero-order chi connectivity index (χ0) is 17.9. The summed E-state index contributed by atoms with van der Waals surface area (Å²) in [4.78, 5) is 17.0. The molecule has 1 N–H and O–H groups in total. The molecule has 0 spiro atoms. The Hall–Kier alpha value is -2.69. The average Bonchev–Trinajstić information content (AvgIpc) is 2.99. The van der Waals surface area contributed by atoms with Crippen LogP contribution in [-0.4, -0.2) is 26.7 Å². The number of benzene rings is 1. The van der Waals surface area contributed by atoms with Gasteiger partial charge in [-0.1, -0.05) is 49.6 Å². The van der Waals surface area contributed by atoms with Crippen molar-refractivity contribution in [3.8, 4) is 11.1 Å². The van der Waals surface area contributed by atoms with Crippen LogP contribution in [0.5, 0.6) is 0 Å². The molecule has 1 fully saturated rings. The molecule has 2 heterocycles. The standard InChI is InChI=1S/C21H24N4O/c1-15-20-18(16-8-4-2-5-9-16)12-13-22-21(20)25(24-15)14-19(26)23-17-10-6-3-7-11-17/h2,4-5,8-9,12-13,17H,3,6-7,10-11,14H2,1H3,(H,23,26). The summed E-state index contributed by atoms with van der Waals surface area (Å²) in [6.07, 6.45) is 7.65. The molecule has 5 nitrogen and oxygen atoms in total. The highest BCUT2D eigenvalue weighted by molar-refractivity contribution is 5.95. The second kappa shape index (κ2) is 7.28. The van der Waals surface area contributed by atoms with Gasteiger partial charge in [-0.15, -0.1) is 0 Å². The van der Waals surface area contributed by atoms with Crippen molar-refractivity contribution in [3.63, 3.8) is 0 Å². The Kier molecular flexibility index (Phi) is 4.69. The monoisotopic (exact) mass is 348 g/mol. The third kappa shape index (κ3) is 3.34. The molecule has 1 saturated carbocycles. The number of nitrogens with one attached hydrogen (secondary N) is 1. The lowest BCUT2D eigenvalue weighted by Gasteiger charge is -2.22. The van der Waals surface area contributed by atoms with Gasteiger partial charge in [0.25, 0.3) is 0 Å². The van der Waals surface area contributed by atoms with E-state index in [0.717, 1.165) is 40.7 Å². The maximum Gasteiger partial charge on any atom is 0.242 e. The normalized spacial score (nSPS) is 15.3. The summed E-state index contributed by atoms with van der Waals surface area (Å²) in [7, 11) is 0. The summed E-state index contributed by atoms with van der Waals surface area (Å²) in [5.41, 5.74) is 3.90. The number of aryl methyl sites for hydroxylation is 1. The molecule has 1 amide bonds. The first-order valence-electron chi connectivity index (χ1n) is 9.39. The van der Waals surface area contributed by atoms with Crippen LogP contribution < -0.4 is 5.32 Å². The highest BCUT2D eigenvalue weighted by Gasteiger charge is 2.19. The number of fused-ring (bicyclic) bond motifs is 1. The Morgan fingerprint density at radius 3 is 2.69 bits per heavy atom. The Morgan fingerprint density at radius 1 is 1.15 bits per heavy atom. The van der Waals surface area contributed by atoms with Crippen LogP contribution in [0.2, 0.25) is 0 Å². The molecule has 0 aliphatic heterocycles. The molecule has 2 aromatic heterocycles. The first kappa shape index (κ1) is 16.8. The van der Waals surface area contributed by atoms with Gasteiger partial charge in [-0.3, -0.25) is 4.79 Å². The first-order chi connectivity index (χ1) is 12.7. The Labute approximate surface area is 153 Å². The van der Waals surface area contributed by atoms with Gasteiger partial charge in [-0.25, -0.2) is 9.67 Å². The van der Waals surface area contributed by atoms with Crippen molar-refractivity contribution >= 4 is 16.9 Å². The van der Waals surface area contributed by atoms with Crippen molar-refractivity contribution in [3.05, 3.63) is 48.3 Å². The number of aromatic nitrogens is 3. The van der Waals surface area contributed by atoms with Gasteiger partial charge in [0.15, 0.2) is 5.65 Å². The van der Waals surface area contributed by atoms with Crippen molar-refractivity contribution in [1.29, 1.82) is 0 Å². The predicted molar refractivity (Wildman–Crippen MR) is 103 cm³/mol. The molecule has 134 valence electrons. The fraction of sp³-hybridized carbons (Fsp3) is 0.381. The van der Waals surface area contributed by atoms with E-state index in [-0.39, 0.29) is 12.5 Å². The van der Waals surface area contributed by atoms with E-state index in [2.05, 4.69) is 27.5 Å². The molecule has 5 heteroatoms. The zero-order valence-corrected chi connectivity index (χ0v) is 15.1. The van der Waals surface area contributed by atoms with Crippen molar-refractivity contribution < 1.29 is 4.79 Å². The summed E-state index contributed by atoms with van der Waals surface area (Å²) in [5, 5.41) is 8.78. The van der Waals surface area contributed by atoms with E-state index >= 15 is 0 Å². The molecule has 0 unspecified atom stereocenters. The molecular formula is C21H24N4O. The van der Waals surface area contributed by atoms with Crippen LogP contribution >= 0.6 is 0 Å². The van der Waals surface area contributed by atoms with Gasteiger partial charge in [0, 0.05) is 17.6 Å². The molecule has 26 heavy (non-hydrogen) atoms. The van der Waals surface area contributed by atoms with E-state index < -0.39 is 0 Å². The summed E-state index contributed by atoms with van der Waals surface area (Å²) < 4.78 is 1.73. The first-order valence-corrected chi connectivity index (χ1v) is 9.39. The molecule has 0 radical (unpaired) electrons. The molecule has 0 atom stereocenters. The van der Waals surface area contributed by atoms with E-state index in [0.29, 0.717) is 6.04 Å². The van der Waals surface area contributed by atoms with Crippen LogP contribution in [0.3, 0.4) is 0 Å². The minimum absolute atomic E-state index is 0.0215. The zero-order valence-electron chi connectivity index (χ0n) is 15.1. The van der Waals surface area contributed by atoms with Crippen LogP contribution in [0.15, 0.2) is 42.6 Å². The molecule has 3 aromatic rings. The average molecular weight is 348 g/mol. The molecule has 0 bridgehead atoms. The van der Waals surface area contributed by atoms with Gasteiger partial charge in [-0.05, 0) is 37.0 Å². The molecule has 1 aliphatic carbocycles. The van der Waals surface area contributed by atoms with E-state index in [9.17, 15) is 4.79 Å². The Morgan fingerprint density at radius 2 is 1.92 bits per heavy atom. The van der Waals surface area contributed by atoms with Crippen LogP contribution in [0, 0.1) is 6.92 Å². The largest absolute Gasteiger partial charge is 0.352 e. The molecule has 1 aliphatic rings.